The van der Waals surface area contributed by atoms with E-state index < -0.39 is 5.92 Å². The van der Waals surface area contributed by atoms with Crippen molar-refractivity contribution in [2.24, 2.45) is 28.5 Å². The van der Waals surface area contributed by atoms with Crippen LogP contribution in [0.2, 0.25) is 0 Å². The van der Waals surface area contributed by atoms with Gasteiger partial charge in [-0.2, -0.15) is 0 Å². The second kappa shape index (κ2) is 2.66. The van der Waals surface area contributed by atoms with Crippen molar-refractivity contribution in [2.45, 2.75) is 25.7 Å². The molecule has 13 heavy (non-hydrogen) atoms. The molecule has 2 aliphatic carbocycles. The highest BCUT2D eigenvalue weighted by Crippen LogP contribution is 2.65. The number of alkyl halides is 2. The van der Waals surface area contributed by atoms with Crippen LogP contribution < -0.4 is 5.73 Å². The van der Waals surface area contributed by atoms with Gasteiger partial charge >= 0.3 is 0 Å². The Morgan fingerprint density at radius 1 is 1.46 bits per heavy atom. The molecule has 2 saturated carbocycles. The zero-order valence-electron chi connectivity index (χ0n) is 7.63. The summed E-state index contributed by atoms with van der Waals surface area (Å²) in [7, 11) is 0. The summed E-state index contributed by atoms with van der Waals surface area (Å²) in [6.45, 7) is 2.36. The first-order valence-corrected chi connectivity index (χ1v) is 4.66. The summed E-state index contributed by atoms with van der Waals surface area (Å²) in [5.74, 6) is -2.14. The molecule has 2 N–H and O–H groups in total. The lowest BCUT2D eigenvalue weighted by Crippen LogP contribution is -2.13. The molecular weight excluding hydrogens is 174 g/mol. The highest BCUT2D eigenvalue weighted by atomic mass is 19.3. The van der Waals surface area contributed by atoms with E-state index in [2.05, 4.69) is 4.99 Å². The van der Waals surface area contributed by atoms with E-state index in [-0.39, 0.29) is 11.8 Å². The van der Waals surface area contributed by atoms with E-state index in [1.54, 1.807) is 6.92 Å². The lowest BCUT2D eigenvalue weighted by Gasteiger charge is -2.10. The number of hydrogen-bond acceptors (Lipinski definition) is 1. The first kappa shape index (κ1) is 8.91. The smallest absolute Gasteiger partial charge is 0.254 e. The molecule has 0 heterocycles. The summed E-state index contributed by atoms with van der Waals surface area (Å²) in [6.07, 6.45) is 1.27. The average molecular weight is 188 g/mol. The van der Waals surface area contributed by atoms with E-state index in [1.165, 1.54) is 0 Å². The Kier molecular flexibility index (Phi) is 1.82. The molecule has 74 valence electrons. The zero-order chi connectivity index (χ0) is 9.64. The number of halogens is 2. The third-order valence-corrected chi connectivity index (χ3v) is 3.14. The molecule has 0 aromatic carbocycles. The summed E-state index contributed by atoms with van der Waals surface area (Å²) in [4.78, 5) is 4.06. The van der Waals surface area contributed by atoms with E-state index in [9.17, 15) is 8.78 Å². The molecule has 2 aliphatic rings. The van der Waals surface area contributed by atoms with Gasteiger partial charge < -0.3 is 5.73 Å². The van der Waals surface area contributed by atoms with Crippen molar-refractivity contribution in [2.75, 3.05) is 6.54 Å². The van der Waals surface area contributed by atoms with Crippen molar-refractivity contribution in [3.8, 4) is 0 Å². The molecule has 0 spiro atoms. The average Bonchev–Trinajstić information content (AvgIpc) is 2.51. The Morgan fingerprint density at radius 2 is 2.00 bits per heavy atom. The van der Waals surface area contributed by atoms with Crippen LogP contribution in [0.4, 0.5) is 8.78 Å². The molecule has 2 fully saturated rings. The van der Waals surface area contributed by atoms with E-state index >= 15 is 0 Å². The molecule has 0 amide bonds. The Hall–Kier alpha value is -0.670. The molecule has 0 aromatic rings. The summed E-state index contributed by atoms with van der Waals surface area (Å²) < 4.78 is 25.5. The van der Waals surface area contributed by atoms with Crippen molar-refractivity contribution in [1.29, 1.82) is 0 Å². The van der Waals surface area contributed by atoms with Crippen molar-refractivity contribution in [3.05, 3.63) is 0 Å². The zero-order valence-corrected chi connectivity index (χ0v) is 7.63. The first-order chi connectivity index (χ1) is 6.01. The lowest BCUT2D eigenvalue weighted by molar-refractivity contribution is 0.0646. The van der Waals surface area contributed by atoms with Gasteiger partial charge in [-0.1, -0.05) is 0 Å². The molecule has 0 radical (unpaired) electrons. The first-order valence-electron chi connectivity index (χ1n) is 4.66. The highest BCUT2D eigenvalue weighted by molar-refractivity contribution is 5.77. The normalized spacial score (nSPS) is 41.8. The third-order valence-electron chi connectivity index (χ3n) is 3.14. The Labute approximate surface area is 76.2 Å². The molecule has 0 bridgehead atoms. The monoisotopic (exact) mass is 188 g/mol. The van der Waals surface area contributed by atoms with E-state index in [0.29, 0.717) is 31.1 Å². The maximum absolute atomic E-state index is 12.8. The van der Waals surface area contributed by atoms with Crippen LogP contribution in [0.3, 0.4) is 0 Å². The van der Waals surface area contributed by atoms with E-state index in [4.69, 9.17) is 5.73 Å². The Morgan fingerprint density at radius 3 is 2.46 bits per heavy atom. The predicted octanol–water partition coefficient (Wildman–Crippen LogP) is 1.65. The van der Waals surface area contributed by atoms with Gasteiger partial charge in [-0.3, -0.25) is 4.99 Å². The van der Waals surface area contributed by atoms with Gasteiger partial charge in [0.05, 0.1) is 5.84 Å². The van der Waals surface area contributed by atoms with Crippen molar-refractivity contribution < 1.29 is 8.78 Å². The van der Waals surface area contributed by atoms with Crippen LogP contribution in [-0.4, -0.2) is 18.3 Å². The van der Waals surface area contributed by atoms with Crippen molar-refractivity contribution in [1.82, 2.24) is 0 Å². The highest BCUT2D eigenvalue weighted by Gasteiger charge is 2.71. The number of fused-ring (bicyclic) bond motifs is 1. The van der Waals surface area contributed by atoms with Gasteiger partial charge in [0.1, 0.15) is 0 Å². The maximum atomic E-state index is 12.8. The van der Waals surface area contributed by atoms with Crippen LogP contribution in [0.1, 0.15) is 19.8 Å². The van der Waals surface area contributed by atoms with E-state index in [0.717, 1.165) is 0 Å². The van der Waals surface area contributed by atoms with Crippen LogP contribution in [0, 0.1) is 17.8 Å². The number of hydrogen-bond donors (Lipinski definition) is 1. The molecule has 2 unspecified atom stereocenters. The van der Waals surface area contributed by atoms with Crippen LogP contribution in [0.15, 0.2) is 4.99 Å². The number of nitrogens with two attached hydrogens (primary N) is 1. The molecule has 4 heteroatoms. The number of amidine groups is 1. The van der Waals surface area contributed by atoms with Crippen LogP contribution in [0.5, 0.6) is 0 Å². The molecule has 0 aromatic heterocycles. The van der Waals surface area contributed by atoms with Crippen molar-refractivity contribution >= 4 is 5.84 Å². The lowest BCUT2D eigenvalue weighted by atomic mass is 10.0. The number of aliphatic imine (C=N–C) groups is 1. The fourth-order valence-electron chi connectivity index (χ4n) is 2.34. The van der Waals surface area contributed by atoms with E-state index in [1.807, 2.05) is 0 Å². The Bertz CT molecular complexity index is 232. The third kappa shape index (κ3) is 1.42. The summed E-state index contributed by atoms with van der Waals surface area (Å²) in [5, 5.41) is 0. The molecule has 2 nitrogen and oxygen atoms in total. The SMILES string of the molecule is CC(N)=NCC1CC2C(C1)C2(F)F. The Balaban J connectivity index is 1.81. The molecule has 0 saturated heterocycles. The van der Waals surface area contributed by atoms with Gasteiger partial charge in [0.15, 0.2) is 0 Å². The largest absolute Gasteiger partial charge is 0.388 e. The van der Waals surface area contributed by atoms with Gasteiger partial charge in [-0.15, -0.1) is 0 Å². The van der Waals surface area contributed by atoms with Gasteiger partial charge in [0.25, 0.3) is 5.92 Å². The van der Waals surface area contributed by atoms with Crippen LogP contribution in [0.25, 0.3) is 0 Å². The number of nitrogens with zero attached hydrogens (tertiary/aromatic N) is 1. The fourth-order valence-corrected chi connectivity index (χ4v) is 2.34. The van der Waals surface area contributed by atoms with Crippen LogP contribution in [-0.2, 0) is 0 Å². The second-order valence-corrected chi connectivity index (χ2v) is 4.21. The topological polar surface area (TPSA) is 38.4 Å². The second-order valence-electron chi connectivity index (χ2n) is 4.21. The fraction of sp³-hybridized carbons (Fsp3) is 0.889. The molecule has 2 rings (SSSR count). The van der Waals surface area contributed by atoms with Gasteiger partial charge in [0.2, 0.25) is 0 Å². The summed E-state index contributed by atoms with van der Waals surface area (Å²) >= 11 is 0. The minimum atomic E-state index is -2.35. The molecule has 0 aliphatic heterocycles. The molecule has 2 atom stereocenters. The van der Waals surface area contributed by atoms with Gasteiger partial charge in [0, 0.05) is 18.4 Å². The van der Waals surface area contributed by atoms with Crippen molar-refractivity contribution in [3.63, 3.8) is 0 Å². The quantitative estimate of drug-likeness (QED) is 0.519. The van der Waals surface area contributed by atoms with Crippen LogP contribution >= 0.6 is 0 Å². The minimum absolute atomic E-state index is 0.341. The predicted molar refractivity (Wildman–Crippen MR) is 46.8 cm³/mol. The molecular formula is C9H14F2N2. The number of rotatable bonds is 2. The van der Waals surface area contributed by atoms with Gasteiger partial charge in [-0.05, 0) is 25.7 Å². The summed E-state index contributed by atoms with van der Waals surface area (Å²) in [5.41, 5.74) is 5.37. The van der Waals surface area contributed by atoms with Gasteiger partial charge in [-0.25, -0.2) is 8.78 Å². The maximum Gasteiger partial charge on any atom is 0.254 e. The standard InChI is InChI=1S/C9H14F2N2/c1-5(12)13-4-6-2-7-8(3-6)9(7,10)11/h6-8H,2-4H2,1H3,(H2,12,13). The summed E-state index contributed by atoms with van der Waals surface area (Å²) in [6, 6.07) is 0. The minimum Gasteiger partial charge on any atom is -0.388 e.